The molecule has 4 heteroatoms. The molecule has 0 N–H and O–H groups in total. The van der Waals surface area contributed by atoms with Crippen LogP contribution in [0.4, 0.5) is 0 Å². The molecule has 1 saturated carbocycles. The van der Waals surface area contributed by atoms with Gasteiger partial charge in [0.2, 0.25) is 0 Å². The fourth-order valence-electron chi connectivity index (χ4n) is 2.22. The van der Waals surface area contributed by atoms with E-state index in [0.717, 1.165) is 29.6 Å². The number of hydrogen-bond donors (Lipinski definition) is 0. The molecule has 18 heavy (non-hydrogen) atoms. The van der Waals surface area contributed by atoms with E-state index in [0.29, 0.717) is 11.5 Å². The van der Waals surface area contributed by atoms with E-state index in [2.05, 4.69) is 31.9 Å². The first-order valence-corrected chi connectivity index (χ1v) is 6.30. The number of nitriles is 1. The number of nitrogens with zero attached hydrogens (tertiary/aromatic N) is 4. The first-order chi connectivity index (χ1) is 8.50. The zero-order valence-electron chi connectivity index (χ0n) is 10.9. The molecule has 1 aliphatic rings. The molecule has 0 aromatic carbocycles. The molecule has 92 valence electrons. The normalized spacial score (nSPS) is 15.9. The molecule has 2 aromatic rings. The third-order valence-electron chi connectivity index (χ3n) is 3.29. The van der Waals surface area contributed by atoms with Crippen molar-refractivity contribution in [2.75, 3.05) is 0 Å². The number of hydrogen-bond acceptors (Lipinski definition) is 3. The lowest BCUT2D eigenvalue weighted by atomic mass is 10.1. The van der Waals surface area contributed by atoms with Crippen molar-refractivity contribution < 1.29 is 0 Å². The Bertz CT molecular complexity index is 651. The molecule has 1 fully saturated rings. The molecule has 0 aliphatic heterocycles. The highest BCUT2D eigenvalue weighted by molar-refractivity contribution is 5.77. The number of rotatable bonds is 1. The van der Waals surface area contributed by atoms with Gasteiger partial charge in [-0.2, -0.15) is 10.4 Å². The SMILES string of the molecule is CC(C)(C)n1ncc2cc(C#N)c(C3CC3)nc21. The predicted molar refractivity (Wildman–Crippen MR) is 69.2 cm³/mol. The summed E-state index contributed by atoms with van der Waals surface area (Å²) in [4.78, 5) is 4.71. The first kappa shape index (κ1) is 11.2. The largest absolute Gasteiger partial charge is 0.242 e. The van der Waals surface area contributed by atoms with Crippen molar-refractivity contribution in [2.45, 2.75) is 45.1 Å². The average Bonchev–Trinajstić information content (AvgIpc) is 3.05. The second-order valence-electron chi connectivity index (χ2n) is 5.95. The maximum absolute atomic E-state index is 9.20. The van der Waals surface area contributed by atoms with Crippen LogP contribution in [0.15, 0.2) is 12.3 Å². The minimum atomic E-state index is -0.0935. The van der Waals surface area contributed by atoms with E-state index < -0.39 is 0 Å². The van der Waals surface area contributed by atoms with Crippen LogP contribution in [0.2, 0.25) is 0 Å². The van der Waals surface area contributed by atoms with Crippen molar-refractivity contribution in [1.29, 1.82) is 5.26 Å². The Balaban J connectivity index is 2.26. The summed E-state index contributed by atoms with van der Waals surface area (Å²) in [5.41, 5.74) is 2.46. The lowest BCUT2D eigenvalue weighted by molar-refractivity contribution is 0.365. The molecule has 0 bridgehead atoms. The van der Waals surface area contributed by atoms with Crippen LogP contribution >= 0.6 is 0 Å². The van der Waals surface area contributed by atoms with Crippen LogP contribution in [0.1, 0.15) is 50.8 Å². The molecule has 0 saturated heterocycles. The van der Waals surface area contributed by atoms with E-state index in [-0.39, 0.29) is 5.54 Å². The van der Waals surface area contributed by atoms with Crippen molar-refractivity contribution in [1.82, 2.24) is 14.8 Å². The fraction of sp³-hybridized carbons (Fsp3) is 0.500. The maximum Gasteiger partial charge on any atom is 0.158 e. The van der Waals surface area contributed by atoms with Crippen molar-refractivity contribution in [2.24, 2.45) is 0 Å². The van der Waals surface area contributed by atoms with E-state index in [1.807, 2.05) is 10.7 Å². The second kappa shape index (κ2) is 3.55. The van der Waals surface area contributed by atoms with Gasteiger partial charge in [0.25, 0.3) is 0 Å². The van der Waals surface area contributed by atoms with Gasteiger partial charge in [0, 0.05) is 11.3 Å². The smallest absolute Gasteiger partial charge is 0.158 e. The van der Waals surface area contributed by atoms with Crippen LogP contribution in [0.3, 0.4) is 0 Å². The summed E-state index contributed by atoms with van der Waals surface area (Å²) in [6.45, 7) is 6.32. The van der Waals surface area contributed by atoms with Crippen LogP contribution in [0.25, 0.3) is 11.0 Å². The van der Waals surface area contributed by atoms with E-state index >= 15 is 0 Å². The summed E-state index contributed by atoms with van der Waals surface area (Å²) in [5, 5.41) is 14.6. The Labute approximate surface area is 106 Å². The van der Waals surface area contributed by atoms with Gasteiger partial charge >= 0.3 is 0 Å². The molecule has 1 aliphatic carbocycles. The van der Waals surface area contributed by atoms with Gasteiger partial charge in [0.15, 0.2) is 5.65 Å². The van der Waals surface area contributed by atoms with Crippen LogP contribution in [-0.4, -0.2) is 14.8 Å². The van der Waals surface area contributed by atoms with E-state index in [4.69, 9.17) is 4.98 Å². The van der Waals surface area contributed by atoms with Crippen molar-refractivity contribution >= 4 is 11.0 Å². The highest BCUT2D eigenvalue weighted by Gasteiger charge is 2.29. The summed E-state index contributed by atoms with van der Waals surface area (Å²) in [6.07, 6.45) is 4.10. The minimum Gasteiger partial charge on any atom is -0.242 e. The van der Waals surface area contributed by atoms with Crippen LogP contribution in [0, 0.1) is 11.3 Å². The lowest BCUT2D eigenvalue weighted by Crippen LogP contribution is -2.23. The van der Waals surface area contributed by atoms with E-state index in [1.54, 1.807) is 6.20 Å². The third-order valence-corrected chi connectivity index (χ3v) is 3.29. The molecule has 0 radical (unpaired) electrons. The topological polar surface area (TPSA) is 54.5 Å². The summed E-state index contributed by atoms with van der Waals surface area (Å²) >= 11 is 0. The Hall–Kier alpha value is -1.89. The molecule has 0 atom stereocenters. The third kappa shape index (κ3) is 1.67. The van der Waals surface area contributed by atoms with Crippen molar-refractivity contribution in [3.63, 3.8) is 0 Å². The molecule has 2 heterocycles. The molecule has 0 spiro atoms. The maximum atomic E-state index is 9.20. The number of aromatic nitrogens is 3. The zero-order valence-corrected chi connectivity index (χ0v) is 10.9. The molecule has 0 amide bonds. The molecular formula is C14H16N4. The minimum absolute atomic E-state index is 0.0935. The van der Waals surface area contributed by atoms with E-state index in [1.165, 1.54) is 0 Å². The van der Waals surface area contributed by atoms with Gasteiger partial charge < -0.3 is 0 Å². The summed E-state index contributed by atoms with van der Waals surface area (Å²) in [6, 6.07) is 4.18. The Morgan fingerprint density at radius 2 is 2.11 bits per heavy atom. The highest BCUT2D eigenvalue weighted by atomic mass is 15.3. The van der Waals surface area contributed by atoms with Crippen molar-refractivity contribution in [3.8, 4) is 6.07 Å². The average molecular weight is 240 g/mol. The fourth-order valence-corrected chi connectivity index (χ4v) is 2.22. The predicted octanol–water partition coefficient (Wildman–Crippen LogP) is 2.94. The lowest BCUT2D eigenvalue weighted by Gasteiger charge is -2.20. The quantitative estimate of drug-likeness (QED) is 0.770. The number of pyridine rings is 1. The van der Waals surface area contributed by atoms with Crippen LogP contribution in [-0.2, 0) is 5.54 Å². The summed E-state index contributed by atoms with van der Waals surface area (Å²) in [7, 11) is 0. The van der Waals surface area contributed by atoms with Crippen LogP contribution in [0.5, 0.6) is 0 Å². The van der Waals surface area contributed by atoms with Gasteiger partial charge in [-0.05, 0) is 39.7 Å². The molecule has 4 nitrogen and oxygen atoms in total. The Morgan fingerprint density at radius 3 is 2.67 bits per heavy atom. The Kier molecular flexibility index (Phi) is 2.21. The zero-order chi connectivity index (χ0) is 12.9. The first-order valence-electron chi connectivity index (χ1n) is 6.30. The molecule has 3 rings (SSSR count). The monoisotopic (exact) mass is 240 g/mol. The Morgan fingerprint density at radius 1 is 1.39 bits per heavy atom. The highest BCUT2D eigenvalue weighted by Crippen LogP contribution is 2.41. The van der Waals surface area contributed by atoms with Gasteiger partial charge in [0.1, 0.15) is 6.07 Å². The summed E-state index contributed by atoms with van der Waals surface area (Å²) < 4.78 is 1.94. The van der Waals surface area contributed by atoms with Gasteiger partial charge in [-0.25, -0.2) is 9.67 Å². The summed E-state index contributed by atoms with van der Waals surface area (Å²) in [5.74, 6) is 0.479. The van der Waals surface area contributed by atoms with Crippen LogP contribution < -0.4 is 0 Å². The van der Waals surface area contributed by atoms with Gasteiger partial charge in [-0.15, -0.1) is 0 Å². The van der Waals surface area contributed by atoms with Crippen molar-refractivity contribution in [3.05, 3.63) is 23.5 Å². The van der Waals surface area contributed by atoms with Gasteiger partial charge in [-0.1, -0.05) is 0 Å². The number of fused-ring (bicyclic) bond motifs is 1. The molecule has 2 aromatic heterocycles. The van der Waals surface area contributed by atoms with Gasteiger partial charge in [-0.3, -0.25) is 0 Å². The second-order valence-corrected chi connectivity index (χ2v) is 5.95. The van der Waals surface area contributed by atoms with E-state index in [9.17, 15) is 5.26 Å². The molecule has 0 unspecified atom stereocenters. The standard InChI is InChI=1S/C14H16N4/c1-14(2,3)18-13-11(8-16-18)6-10(7-15)12(17-13)9-4-5-9/h6,8-9H,4-5H2,1-3H3. The molecular weight excluding hydrogens is 224 g/mol. The van der Waals surface area contributed by atoms with Gasteiger partial charge in [0.05, 0.1) is 23.0 Å².